The molecule has 0 atom stereocenters. The van der Waals surface area contributed by atoms with Gasteiger partial charge in [0, 0.05) is 0 Å². The van der Waals surface area contributed by atoms with E-state index in [0.29, 0.717) is 0 Å². The summed E-state index contributed by atoms with van der Waals surface area (Å²) in [7, 11) is 0. The molecular weight excluding hydrogens is 312 g/mol. The van der Waals surface area contributed by atoms with Crippen molar-refractivity contribution in [2.75, 3.05) is 0 Å². The Bertz CT molecular complexity index is 516. The minimum Gasteiger partial charge on any atom is -0.0859 e. The van der Waals surface area contributed by atoms with Crippen LogP contribution in [0, 0.1) is 0 Å². The average Bonchev–Trinajstić information content (AvgIpc) is 2.54. The van der Waals surface area contributed by atoms with Crippen molar-refractivity contribution < 1.29 is 0 Å². The zero-order chi connectivity index (χ0) is 19.8. The number of rotatable bonds is 13. The zero-order valence-electron chi connectivity index (χ0n) is 18.8. The maximum atomic E-state index is 2.44. The molecule has 0 aromatic heterocycles. The Kier molecular flexibility index (Phi) is 15.1. The molecule has 0 aromatic rings. The molecule has 0 saturated carbocycles. The SMILES string of the molecule is CC/C=C(\C)CC/C=C(\C)CC/C=C(\C)CC/C=C(\C)CCC=C(C)C. The fourth-order valence-electron chi connectivity index (χ4n) is 2.98. The first kappa shape index (κ1) is 24.7. The first-order valence-corrected chi connectivity index (χ1v) is 10.6. The van der Waals surface area contributed by atoms with Crippen molar-refractivity contribution in [3.05, 3.63) is 58.2 Å². The van der Waals surface area contributed by atoms with Gasteiger partial charge in [0.15, 0.2) is 0 Å². The standard InChI is InChI=1S/C26H44/c1-8-13-23(4)16-10-17-25(6)20-12-21-26(7)19-11-18-24(5)15-9-14-22(2)3/h13-14,17-18,21H,8-12,15-16,19-20H2,1-7H3/b23-13+,24-18+,25-17+,26-21+. The molecule has 0 N–H and O–H groups in total. The minimum absolute atomic E-state index is 1.16. The molecule has 0 aliphatic rings. The van der Waals surface area contributed by atoms with Crippen molar-refractivity contribution in [1.82, 2.24) is 0 Å². The fraction of sp³-hybridized carbons (Fsp3) is 0.615. The summed E-state index contributed by atoms with van der Waals surface area (Å²) in [4.78, 5) is 0. The first-order chi connectivity index (χ1) is 12.3. The normalized spacial score (nSPS) is 14.0. The van der Waals surface area contributed by atoms with Crippen LogP contribution in [-0.4, -0.2) is 0 Å². The Hall–Kier alpha value is -1.30. The molecular formula is C26H44. The molecule has 148 valence electrons. The number of allylic oxidation sites excluding steroid dienone is 10. The molecule has 0 amide bonds. The molecule has 0 heteroatoms. The van der Waals surface area contributed by atoms with Crippen LogP contribution in [0.3, 0.4) is 0 Å². The van der Waals surface area contributed by atoms with Gasteiger partial charge >= 0.3 is 0 Å². The van der Waals surface area contributed by atoms with Gasteiger partial charge in [0.2, 0.25) is 0 Å². The highest BCUT2D eigenvalue weighted by molar-refractivity contribution is 5.08. The lowest BCUT2D eigenvalue weighted by molar-refractivity contribution is 0.890. The molecule has 0 radical (unpaired) electrons. The summed E-state index contributed by atoms with van der Waals surface area (Å²) in [5.74, 6) is 0. The molecule has 0 aromatic carbocycles. The highest BCUT2D eigenvalue weighted by Gasteiger charge is 1.94. The van der Waals surface area contributed by atoms with E-state index in [1.807, 2.05) is 0 Å². The van der Waals surface area contributed by atoms with E-state index in [-0.39, 0.29) is 0 Å². The van der Waals surface area contributed by atoms with E-state index in [0.717, 1.165) is 6.42 Å². The molecule has 0 spiro atoms. The van der Waals surface area contributed by atoms with Gasteiger partial charge in [-0.3, -0.25) is 0 Å². The second-order valence-electron chi connectivity index (χ2n) is 8.05. The number of hydrogen-bond donors (Lipinski definition) is 0. The Morgan fingerprint density at radius 3 is 1.08 bits per heavy atom. The van der Waals surface area contributed by atoms with Crippen LogP contribution in [0.25, 0.3) is 0 Å². The molecule has 0 saturated heterocycles. The lowest BCUT2D eigenvalue weighted by Crippen LogP contribution is -1.83. The largest absolute Gasteiger partial charge is 0.0859 e. The summed E-state index contributed by atoms with van der Waals surface area (Å²) in [5.41, 5.74) is 7.55. The van der Waals surface area contributed by atoms with Gasteiger partial charge in [-0.05, 0) is 99.3 Å². The van der Waals surface area contributed by atoms with Crippen LogP contribution in [0.4, 0.5) is 0 Å². The van der Waals surface area contributed by atoms with Crippen LogP contribution in [0.5, 0.6) is 0 Å². The maximum absolute atomic E-state index is 2.44. The van der Waals surface area contributed by atoms with E-state index in [1.54, 1.807) is 0 Å². The summed E-state index contributed by atoms with van der Waals surface area (Å²) in [6.07, 6.45) is 22.7. The van der Waals surface area contributed by atoms with Crippen LogP contribution in [0.15, 0.2) is 58.2 Å². The smallest absolute Gasteiger partial charge is 0.0288 e. The molecule has 0 nitrogen and oxygen atoms in total. The monoisotopic (exact) mass is 356 g/mol. The lowest BCUT2D eigenvalue weighted by atomic mass is 10.0. The summed E-state index contributed by atoms with van der Waals surface area (Å²) < 4.78 is 0. The van der Waals surface area contributed by atoms with Crippen molar-refractivity contribution in [1.29, 1.82) is 0 Å². The molecule has 0 fully saturated rings. The van der Waals surface area contributed by atoms with E-state index >= 15 is 0 Å². The van der Waals surface area contributed by atoms with Crippen molar-refractivity contribution in [3.8, 4) is 0 Å². The Morgan fingerprint density at radius 1 is 0.462 bits per heavy atom. The van der Waals surface area contributed by atoms with Gasteiger partial charge in [0.05, 0.1) is 0 Å². The fourth-order valence-corrected chi connectivity index (χ4v) is 2.98. The maximum Gasteiger partial charge on any atom is -0.0288 e. The lowest BCUT2D eigenvalue weighted by Gasteiger charge is -2.03. The van der Waals surface area contributed by atoms with Gasteiger partial charge in [0.1, 0.15) is 0 Å². The van der Waals surface area contributed by atoms with Crippen LogP contribution < -0.4 is 0 Å². The van der Waals surface area contributed by atoms with Crippen molar-refractivity contribution in [3.63, 3.8) is 0 Å². The van der Waals surface area contributed by atoms with Crippen molar-refractivity contribution in [2.45, 2.75) is 106 Å². The second kappa shape index (κ2) is 15.9. The Labute approximate surface area is 164 Å². The van der Waals surface area contributed by atoms with Crippen LogP contribution >= 0.6 is 0 Å². The molecule has 0 aliphatic heterocycles. The Morgan fingerprint density at radius 2 is 0.769 bits per heavy atom. The molecule has 0 bridgehead atoms. The van der Waals surface area contributed by atoms with Gasteiger partial charge < -0.3 is 0 Å². The molecule has 26 heavy (non-hydrogen) atoms. The Balaban J connectivity index is 4.03. The summed E-state index contributed by atoms with van der Waals surface area (Å²) >= 11 is 0. The van der Waals surface area contributed by atoms with E-state index in [9.17, 15) is 0 Å². The van der Waals surface area contributed by atoms with Crippen LogP contribution in [-0.2, 0) is 0 Å². The highest BCUT2D eigenvalue weighted by atomic mass is 14.0. The number of hydrogen-bond acceptors (Lipinski definition) is 0. The predicted molar refractivity (Wildman–Crippen MR) is 122 cm³/mol. The van der Waals surface area contributed by atoms with E-state index in [1.165, 1.54) is 79.2 Å². The highest BCUT2D eigenvalue weighted by Crippen LogP contribution is 2.14. The third-order valence-electron chi connectivity index (χ3n) is 4.74. The van der Waals surface area contributed by atoms with E-state index in [2.05, 4.69) is 78.8 Å². The summed E-state index contributed by atoms with van der Waals surface area (Å²) in [6.45, 7) is 15.6. The topological polar surface area (TPSA) is 0 Å². The summed E-state index contributed by atoms with van der Waals surface area (Å²) in [6, 6.07) is 0. The zero-order valence-corrected chi connectivity index (χ0v) is 18.8. The van der Waals surface area contributed by atoms with Gasteiger partial charge in [-0.1, -0.05) is 65.2 Å². The molecule has 0 heterocycles. The van der Waals surface area contributed by atoms with Gasteiger partial charge in [-0.25, -0.2) is 0 Å². The van der Waals surface area contributed by atoms with E-state index in [4.69, 9.17) is 0 Å². The third-order valence-corrected chi connectivity index (χ3v) is 4.74. The van der Waals surface area contributed by atoms with Crippen molar-refractivity contribution in [2.24, 2.45) is 0 Å². The molecule has 0 unspecified atom stereocenters. The summed E-state index contributed by atoms with van der Waals surface area (Å²) in [5, 5.41) is 0. The average molecular weight is 357 g/mol. The third kappa shape index (κ3) is 16.2. The molecule has 0 rings (SSSR count). The quantitative estimate of drug-likeness (QED) is 0.288. The second-order valence-corrected chi connectivity index (χ2v) is 8.05. The van der Waals surface area contributed by atoms with Gasteiger partial charge in [-0.2, -0.15) is 0 Å². The predicted octanol–water partition coefficient (Wildman–Crippen LogP) is 9.27. The van der Waals surface area contributed by atoms with Gasteiger partial charge in [-0.15, -0.1) is 0 Å². The van der Waals surface area contributed by atoms with Crippen LogP contribution in [0.2, 0.25) is 0 Å². The minimum atomic E-state index is 1.16. The van der Waals surface area contributed by atoms with E-state index < -0.39 is 0 Å². The van der Waals surface area contributed by atoms with Crippen LogP contribution in [0.1, 0.15) is 106 Å². The first-order valence-electron chi connectivity index (χ1n) is 10.6. The van der Waals surface area contributed by atoms with Gasteiger partial charge in [0.25, 0.3) is 0 Å². The molecule has 0 aliphatic carbocycles. The van der Waals surface area contributed by atoms with Crippen molar-refractivity contribution >= 4 is 0 Å².